The maximum atomic E-state index is 13.0. The van der Waals surface area contributed by atoms with Crippen LogP contribution < -0.4 is 9.64 Å². The van der Waals surface area contributed by atoms with Crippen molar-refractivity contribution in [3.05, 3.63) is 24.3 Å². The number of carbonyl (C=O) groups excluding carboxylic acids is 3. The number of hydrogen-bond donors (Lipinski definition) is 0. The monoisotopic (exact) mass is 378 g/mol. The zero-order valence-corrected chi connectivity index (χ0v) is 15.6. The number of benzene rings is 1. The summed E-state index contributed by atoms with van der Waals surface area (Å²) in [7, 11) is 1.55. The Morgan fingerprint density at radius 3 is 2.42 bits per heavy atom. The molecule has 0 bridgehead atoms. The van der Waals surface area contributed by atoms with E-state index < -0.39 is 6.04 Å². The molecule has 1 unspecified atom stereocenters. The lowest BCUT2D eigenvalue weighted by Gasteiger charge is -2.37. The molecular weight excluding hydrogens is 356 g/mol. The van der Waals surface area contributed by atoms with Gasteiger partial charge in [0.25, 0.3) is 5.91 Å². The molecule has 1 aromatic rings. The first kappa shape index (κ1) is 18.7. The highest BCUT2D eigenvalue weighted by molar-refractivity contribution is 6.28. The number of alkyl halides is 1. The molecule has 3 amide bonds. The van der Waals surface area contributed by atoms with E-state index in [1.165, 1.54) is 4.90 Å². The standard InChI is InChI=1S/C19H23ClN2O4/c1-26-15-9-7-14(8-10-15)22-17(23)11-16(19(22)25)21(18(24)12-20)13-5-3-2-4-6-13/h7-10,13,16H,2-6,11-12H2,1H3. The lowest BCUT2D eigenvalue weighted by Crippen LogP contribution is -2.51. The van der Waals surface area contributed by atoms with Gasteiger partial charge in [0.15, 0.2) is 0 Å². The summed E-state index contributed by atoms with van der Waals surface area (Å²) < 4.78 is 5.11. The molecule has 1 aliphatic carbocycles. The van der Waals surface area contributed by atoms with Crippen LogP contribution in [0.25, 0.3) is 0 Å². The van der Waals surface area contributed by atoms with E-state index in [0.717, 1.165) is 32.1 Å². The van der Waals surface area contributed by atoms with Gasteiger partial charge < -0.3 is 9.64 Å². The summed E-state index contributed by atoms with van der Waals surface area (Å²) in [5, 5.41) is 0. The third-order valence-corrected chi connectivity index (χ3v) is 5.39. The number of rotatable bonds is 5. The number of methoxy groups -OCH3 is 1. The van der Waals surface area contributed by atoms with Crippen LogP contribution in [0, 0.1) is 0 Å². The van der Waals surface area contributed by atoms with E-state index in [2.05, 4.69) is 0 Å². The van der Waals surface area contributed by atoms with Gasteiger partial charge in [0.2, 0.25) is 11.8 Å². The lowest BCUT2D eigenvalue weighted by molar-refractivity contribution is -0.139. The van der Waals surface area contributed by atoms with E-state index in [4.69, 9.17) is 16.3 Å². The van der Waals surface area contributed by atoms with Crippen LogP contribution in [0.1, 0.15) is 38.5 Å². The molecule has 0 N–H and O–H groups in total. The molecule has 140 valence electrons. The number of carbonyl (C=O) groups is 3. The second-order valence-electron chi connectivity index (χ2n) is 6.71. The predicted molar refractivity (Wildman–Crippen MR) is 98.3 cm³/mol. The van der Waals surface area contributed by atoms with Crippen LogP contribution in [0.4, 0.5) is 5.69 Å². The van der Waals surface area contributed by atoms with Crippen LogP contribution in [-0.4, -0.2) is 47.7 Å². The van der Waals surface area contributed by atoms with Gasteiger partial charge in [-0.25, -0.2) is 4.90 Å². The predicted octanol–water partition coefficient (Wildman–Crippen LogP) is 2.73. The van der Waals surface area contributed by atoms with Crippen molar-refractivity contribution in [2.45, 2.75) is 50.6 Å². The number of ether oxygens (including phenoxy) is 1. The summed E-state index contributed by atoms with van der Waals surface area (Å²) in [5.74, 6) is -0.471. The van der Waals surface area contributed by atoms with Crippen LogP contribution in [-0.2, 0) is 14.4 Å². The van der Waals surface area contributed by atoms with Crippen LogP contribution in [0.5, 0.6) is 5.75 Å². The van der Waals surface area contributed by atoms with Gasteiger partial charge in [-0.2, -0.15) is 0 Å². The Bertz CT molecular complexity index is 685. The van der Waals surface area contributed by atoms with E-state index in [-0.39, 0.29) is 36.1 Å². The molecule has 1 saturated heterocycles. The average Bonchev–Trinajstić information content (AvgIpc) is 2.96. The van der Waals surface area contributed by atoms with Crippen LogP contribution in [0.2, 0.25) is 0 Å². The fraction of sp³-hybridized carbons (Fsp3) is 0.526. The molecule has 1 atom stereocenters. The Morgan fingerprint density at radius 1 is 1.19 bits per heavy atom. The minimum Gasteiger partial charge on any atom is -0.497 e. The number of anilines is 1. The van der Waals surface area contributed by atoms with E-state index in [0.29, 0.717) is 11.4 Å². The first-order chi connectivity index (χ1) is 12.6. The van der Waals surface area contributed by atoms with E-state index in [1.807, 2.05) is 0 Å². The van der Waals surface area contributed by atoms with Crippen molar-refractivity contribution in [2.24, 2.45) is 0 Å². The molecule has 26 heavy (non-hydrogen) atoms. The SMILES string of the molecule is COc1ccc(N2C(=O)CC(N(C(=O)CCl)C3CCCCC3)C2=O)cc1. The molecule has 2 aliphatic rings. The average molecular weight is 379 g/mol. The van der Waals surface area contributed by atoms with Gasteiger partial charge >= 0.3 is 0 Å². The fourth-order valence-electron chi connectivity index (χ4n) is 3.90. The maximum absolute atomic E-state index is 13.0. The van der Waals surface area contributed by atoms with Gasteiger partial charge in [-0.15, -0.1) is 11.6 Å². The van der Waals surface area contributed by atoms with Crippen LogP contribution in [0.15, 0.2) is 24.3 Å². The largest absolute Gasteiger partial charge is 0.497 e. The van der Waals surface area contributed by atoms with Gasteiger partial charge in [-0.05, 0) is 37.1 Å². The van der Waals surface area contributed by atoms with E-state index in [1.54, 1.807) is 36.3 Å². The van der Waals surface area contributed by atoms with Crippen molar-refractivity contribution >= 4 is 35.0 Å². The maximum Gasteiger partial charge on any atom is 0.257 e. The summed E-state index contributed by atoms with van der Waals surface area (Å²) in [6.45, 7) is 0. The molecule has 1 heterocycles. The fourth-order valence-corrected chi connectivity index (χ4v) is 4.03. The van der Waals surface area contributed by atoms with Gasteiger partial charge in [-0.1, -0.05) is 19.3 Å². The van der Waals surface area contributed by atoms with Crippen molar-refractivity contribution in [1.29, 1.82) is 0 Å². The molecule has 1 saturated carbocycles. The van der Waals surface area contributed by atoms with Gasteiger partial charge in [-0.3, -0.25) is 14.4 Å². The summed E-state index contributed by atoms with van der Waals surface area (Å²) in [4.78, 5) is 40.8. The third-order valence-electron chi connectivity index (χ3n) is 5.16. The summed E-state index contributed by atoms with van der Waals surface area (Å²) in [6.07, 6.45) is 4.88. The quantitative estimate of drug-likeness (QED) is 0.583. The van der Waals surface area contributed by atoms with Crippen molar-refractivity contribution in [2.75, 3.05) is 17.9 Å². The number of hydrogen-bond acceptors (Lipinski definition) is 4. The molecule has 1 aromatic carbocycles. The normalized spacial score (nSPS) is 21.2. The number of halogens is 1. The third kappa shape index (κ3) is 3.56. The van der Waals surface area contributed by atoms with Crippen molar-refractivity contribution in [3.8, 4) is 5.75 Å². The van der Waals surface area contributed by atoms with Crippen molar-refractivity contribution in [1.82, 2.24) is 4.90 Å². The lowest BCUT2D eigenvalue weighted by atomic mass is 9.92. The highest BCUT2D eigenvalue weighted by Gasteiger charge is 2.46. The molecule has 7 heteroatoms. The minimum atomic E-state index is -0.765. The first-order valence-corrected chi connectivity index (χ1v) is 9.48. The Labute approximate surface area is 158 Å². The second kappa shape index (κ2) is 8.08. The Kier molecular flexibility index (Phi) is 5.81. The highest BCUT2D eigenvalue weighted by Crippen LogP contribution is 2.31. The molecule has 0 spiro atoms. The molecule has 2 fully saturated rings. The topological polar surface area (TPSA) is 66.9 Å². The molecule has 1 aliphatic heterocycles. The molecule has 3 rings (SSSR count). The van der Waals surface area contributed by atoms with Crippen LogP contribution in [0.3, 0.4) is 0 Å². The molecule has 0 aromatic heterocycles. The summed E-state index contributed by atoms with van der Waals surface area (Å²) >= 11 is 5.80. The van der Waals surface area contributed by atoms with Gasteiger partial charge in [0.1, 0.15) is 17.7 Å². The molecular formula is C19H23ClN2O4. The summed E-state index contributed by atoms with van der Waals surface area (Å²) in [6, 6.07) is 5.96. The van der Waals surface area contributed by atoms with E-state index in [9.17, 15) is 14.4 Å². The number of amides is 3. The highest BCUT2D eigenvalue weighted by atomic mass is 35.5. The number of imide groups is 1. The second-order valence-corrected chi connectivity index (χ2v) is 6.98. The first-order valence-electron chi connectivity index (χ1n) is 8.94. The zero-order valence-electron chi connectivity index (χ0n) is 14.8. The van der Waals surface area contributed by atoms with Crippen LogP contribution >= 0.6 is 11.6 Å². The Balaban J connectivity index is 1.85. The van der Waals surface area contributed by atoms with E-state index >= 15 is 0 Å². The zero-order chi connectivity index (χ0) is 18.7. The minimum absolute atomic E-state index is 0.00396. The molecule has 0 radical (unpaired) electrons. The summed E-state index contributed by atoms with van der Waals surface area (Å²) in [5.41, 5.74) is 0.491. The smallest absolute Gasteiger partial charge is 0.257 e. The molecule has 6 nitrogen and oxygen atoms in total. The Morgan fingerprint density at radius 2 is 1.85 bits per heavy atom. The van der Waals surface area contributed by atoms with Crippen molar-refractivity contribution < 1.29 is 19.1 Å². The Hall–Kier alpha value is -2.08. The van der Waals surface area contributed by atoms with Crippen molar-refractivity contribution in [3.63, 3.8) is 0 Å². The van der Waals surface area contributed by atoms with Gasteiger partial charge in [0, 0.05) is 6.04 Å². The number of nitrogens with zero attached hydrogens (tertiary/aromatic N) is 2. The van der Waals surface area contributed by atoms with Gasteiger partial charge in [0.05, 0.1) is 19.2 Å².